The van der Waals surface area contributed by atoms with Crippen molar-refractivity contribution in [3.8, 4) is 0 Å². The van der Waals surface area contributed by atoms with Crippen LogP contribution in [-0.4, -0.2) is 50.2 Å². The molecule has 94 valence electrons. The molecule has 1 N–H and O–H groups in total. The summed E-state index contributed by atoms with van der Waals surface area (Å²) in [6.07, 6.45) is 3.15. The van der Waals surface area contributed by atoms with Crippen LogP contribution in [0, 0.1) is 0 Å². The van der Waals surface area contributed by atoms with Crippen molar-refractivity contribution < 1.29 is 0 Å². The Morgan fingerprint density at radius 3 is 3.00 bits per heavy atom. The highest BCUT2D eigenvalue weighted by Crippen LogP contribution is 2.22. The molecule has 4 nitrogen and oxygen atoms in total. The van der Waals surface area contributed by atoms with Crippen molar-refractivity contribution in [2.24, 2.45) is 0 Å². The van der Waals surface area contributed by atoms with Crippen LogP contribution in [0.5, 0.6) is 0 Å². The van der Waals surface area contributed by atoms with Gasteiger partial charge in [-0.25, -0.2) is 0 Å². The molecule has 0 aliphatic carbocycles. The largest absolute Gasteiger partial charge is 0.370 e. The lowest BCUT2D eigenvalue weighted by molar-refractivity contribution is 0.315. The molecule has 17 heavy (non-hydrogen) atoms. The third kappa shape index (κ3) is 2.96. The summed E-state index contributed by atoms with van der Waals surface area (Å²) in [4.78, 5) is 9.12. The van der Waals surface area contributed by atoms with E-state index in [1.165, 1.54) is 12.1 Å². The number of nitrogens with zero attached hydrogens (tertiary/aromatic N) is 3. The summed E-state index contributed by atoms with van der Waals surface area (Å²) in [5.74, 6) is 0. The standard InChI is InChI=1S/C13H22N4/c1-14-9-11-8-12(4-6-15-11)17-7-5-13(10-17)16(2)3/h4,6,8,13-14H,5,7,9-10H2,1-3H3. The van der Waals surface area contributed by atoms with E-state index in [0.717, 1.165) is 25.3 Å². The molecular weight excluding hydrogens is 212 g/mol. The van der Waals surface area contributed by atoms with Gasteiger partial charge in [-0.05, 0) is 39.7 Å². The fraction of sp³-hybridized carbons (Fsp3) is 0.615. The zero-order valence-electron chi connectivity index (χ0n) is 11.0. The molecule has 1 atom stereocenters. The van der Waals surface area contributed by atoms with Gasteiger partial charge in [0.15, 0.2) is 0 Å². The predicted octanol–water partition coefficient (Wildman–Crippen LogP) is 0.941. The molecule has 1 aliphatic heterocycles. The van der Waals surface area contributed by atoms with Gasteiger partial charge >= 0.3 is 0 Å². The monoisotopic (exact) mass is 234 g/mol. The molecule has 1 unspecified atom stereocenters. The zero-order valence-corrected chi connectivity index (χ0v) is 11.0. The lowest BCUT2D eigenvalue weighted by atomic mass is 10.2. The van der Waals surface area contributed by atoms with Gasteiger partial charge in [-0.15, -0.1) is 0 Å². The maximum Gasteiger partial charge on any atom is 0.0562 e. The summed E-state index contributed by atoms with van der Waals surface area (Å²) in [6.45, 7) is 3.10. The highest BCUT2D eigenvalue weighted by Gasteiger charge is 2.24. The first kappa shape index (κ1) is 12.3. The summed E-state index contributed by atoms with van der Waals surface area (Å²) in [5.41, 5.74) is 2.41. The summed E-state index contributed by atoms with van der Waals surface area (Å²) in [6, 6.07) is 4.97. The zero-order chi connectivity index (χ0) is 12.3. The summed E-state index contributed by atoms with van der Waals surface area (Å²) in [7, 11) is 6.27. The average Bonchev–Trinajstić information content (AvgIpc) is 2.79. The third-order valence-corrected chi connectivity index (χ3v) is 3.42. The number of pyridine rings is 1. The fourth-order valence-electron chi connectivity index (χ4n) is 2.34. The van der Waals surface area contributed by atoms with Gasteiger partial charge in [-0.3, -0.25) is 4.98 Å². The molecule has 1 aliphatic rings. The van der Waals surface area contributed by atoms with Gasteiger partial charge < -0.3 is 15.1 Å². The molecule has 1 aromatic rings. The molecular formula is C13H22N4. The number of hydrogen-bond acceptors (Lipinski definition) is 4. The van der Waals surface area contributed by atoms with Crippen molar-refractivity contribution in [3.63, 3.8) is 0 Å². The van der Waals surface area contributed by atoms with Crippen LogP contribution in [0.2, 0.25) is 0 Å². The fourth-order valence-corrected chi connectivity index (χ4v) is 2.34. The predicted molar refractivity (Wildman–Crippen MR) is 71.3 cm³/mol. The van der Waals surface area contributed by atoms with E-state index in [9.17, 15) is 0 Å². The van der Waals surface area contributed by atoms with E-state index in [4.69, 9.17) is 0 Å². The van der Waals surface area contributed by atoms with Crippen molar-refractivity contribution >= 4 is 5.69 Å². The second-order valence-electron chi connectivity index (χ2n) is 4.89. The quantitative estimate of drug-likeness (QED) is 0.840. The highest BCUT2D eigenvalue weighted by molar-refractivity contribution is 5.47. The van der Waals surface area contributed by atoms with Crippen LogP contribution < -0.4 is 10.2 Å². The van der Waals surface area contributed by atoms with Crippen molar-refractivity contribution in [2.45, 2.75) is 19.0 Å². The minimum atomic E-state index is 0.677. The number of rotatable bonds is 4. The Morgan fingerprint density at radius 1 is 1.53 bits per heavy atom. The second-order valence-corrected chi connectivity index (χ2v) is 4.89. The highest BCUT2D eigenvalue weighted by atomic mass is 15.2. The Bertz CT molecular complexity index is 364. The maximum absolute atomic E-state index is 4.36. The van der Waals surface area contributed by atoms with E-state index >= 15 is 0 Å². The lowest BCUT2D eigenvalue weighted by Crippen LogP contribution is -2.31. The van der Waals surface area contributed by atoms with E-state index in [1.54, 1.807) is 0 Å². The minimum Gasteiger partial charge on any atom is -0.370 e. The van der Waals surface area contributed by atoms with Crippen LogP contribution in [0.25, 0.3) is 0 Å². The van der Waals surface area contributed by atoms with Gasteiger partial charge in [0, 0.05) is 37.6 Å². The maximum atomic E-state index is 4.36. The van der Waals surface area contributed by atoms with Gasteiger partial charge in [-0.2, -0.15) is 0 Å². The number of aromatic nitrogens is 1. The molecule has 2 heterocycles. The van der Waals surface area contributed by atoms with Crippen molar-refractivity contribution in [2.75, 3.05) is 39.1 Å². The average molecular weight is 234 g/mol. The van der Waals surface area contributed by atoms with E-state index < -0.39 is 0 Å². The first-order valence-corrected chi connectivity index (χ1v) is 6.21. The lowest BCUT2D eigenvalue weighted by Gasteiger charge is -2.22. The van der Waals surface area contributed by atoms with E-state index in [-0.39, 0.29) is 0 Å². The number of nitrogens with one attached hydrogen (secondary N) is 1. The van der Waals surface area contributed by atoms with Crippen LogP contribution in [0.15, 0.2) is 18.3 Å². The van der Waals surface area contributed by atoms with Crippen LogP contribution in [0.3, 0.4) is 0 Å². The molecule has 0 saturated carbocycles. The Balaban J connectivity index is 2.05. The molecule has 0 aromatic carbocycles. The molecule has 0 amide bonds. The smallest absolute Gasteiger partial charge is 0.0562 e. The van der Waals surface area contributed by atoms with Crippen LogP contribution in [-0.2, 0) is 6.54 Å². The van der Waals surface area contributed by atoms with Crippen LogP contribution >= 0.6 is 0 Å². The minimum absolute atomic E-state index is 0.677. The van der Waals surface area contributed by atoms with Crippen molar-refractivity contribution in [1.82, 2.24) is 15.2 Å². The number of anilines is 1. The normalized spacial score (nSPS) is 20.2. The Labute approximate surface area is 104 Å². The van der Waals surface area contributed by atoms with Gasteiger partial charge in [-0.1, -0.05) is 0 Å². The molecule has 0 spiro atoms. The van der Waals surface area contributed by atoms with Crippen molar-refractivity contribution in [1.29, 1.82) is 0 Å². The number of hydrogen-bond donors (Lipinski definition) is 1. The van der Waals surface area contributed by atoms with Gasteiger partial charge in [0.1, 0.15) is 0 Å². The molecule has 0 bridgehead atoms. The Kier molecular flexibility index (Phi) is 3.97. The molecule has 1 aromatic heterocycles. The Morgan fingerprint density at radius 2 is 2.35 bits per heavy atom. The number of likely N-dealkylation sites (N-methyl/N-ethyl adjacent to an activating group) is 1. The third-order valence-electron chi connectivity index (χ3n) is 3.42. The van der Waals surface area contributed by atoms with Gasteiger partial charge in [0.25, 0.3) is 0 Å². The van der Waals surface area contributed by atoms with Gasteiger partial charge in [0.2, 0.25) is 0 Å². The SMILES string of the molecule is CNCc1cc(N2CCC(N(C)C)C2)ccn1. The van der Waals surface area contributed by atoms with E-state index in [1.807, 2.05) is 13.2 Å². The molecule has 1 saturated heterocycles. The van der Waals surface area contributed by atoms with E-state index in [2.05, 4.69) is 46.3 Å². The van der Waals surface area contributed by atoms with Crippen molar-refractivity contribution in [3.05, 3.63) is 24.0 Å². The summed E-state index contributed by atoms with van der Waals surface area (Å²) in [5, 5.41) is 3.14. The first-order chi connectivity index (χ1) is 8.20. The summed E-state index contributed by atoms with van der Waals surface area (Å²) < 4.78 is 0. The van der Waals surface area contributed by atoms with Gasteiger partial charge in [0.05, 0.1) is 5.69 Å². The summed E-state index contributed by atoms with van der Waals surface area (Å²) >= 11 is 0. The molecule has 0 radical (unpaired) electrons. The van der Waals surface area contributed by atoms with Crippen LogP contribution in [0.4, 0.5) is 5.69 Å². The van der Waals surface area contributed by atoms with E-state index in [0.29, 0.717) is 6.04 Å². The molecule has 4 heteroatoms. The Hall–Kier alpha value is -1.13. The topological polar surface area (TPSA) is 31.4 Å². The second kappa shape index (κ2) is 5.47. The first-order valence-electron chi connectivity index (χ1n) is 6.21. The van der Waals surface area contributed by atoms with Crippen LogP contribution in [0.1, 0.15) is 12.1 Å². The molecule has 1 fully saturated rings. The molecule has 2 rings (SSSR count).